The van der Waals surface area contributed by atoms with Crippen LogP contribution in [0.15, 0.2) is 41.9 Å². The van der Waals surface area contributed by atoms with E-state index in [1.807, 2.05) is 24.3 Å². The summed E-state index contributed by atoms with van der Waals surface area (Å²) >= 11 is 1.25. The van der Waals surface area contributed by atoms with E-state index in [9.17, 15) is 4.79 Å². The molecular weight excluding hydrogens is 338 g/mol. The van der Waals surface area contributed by atoms with Crippen LogP contribution in [-0.4, -0.2) is 35.1 Å². The lowest BCUT2D eigenvalue weighted by Crippen LogP contribution is -2.13. The Morgan fingerprint density at radius 2 is 2.32 bits per heavy atom. The molecular formula is C18H17N3O3S. The van der Waals surface area contributed by atoms with Crippen LogP contribution in [0.4, 0.5) is 5.69 Å². The van der Waals surface area contributed by atoms with E-state index in [1.165, 1.54) is 11.5 Å². The van der Waals surface area contributed by atoms with Crippen LogP contribution in [0.1, 0.15) is 16.9 Å². The standard InChI is InChI=1S/C18H17N3O3S/c22-17(16-5-8-25-21-16)20-14-1-2-15-13(9-14)3-6-19-18(15)24-11-12-4-7-23-10-12/h1-3,5-6,8-9,12H,4,7,10-11H2,(H,20,22). The number of nitrogens with one attached hydrogen (secondary N) is 1. The molecule has 3 aromatic rings. The molecule has 1 saturated heterocycles. The van der Waals surface area contributed by atoms with Gasteiger partial charge in [-0.1, -0.05) is 0 Å². The number of carbonyl (C=O) groups excluding carboxylic acids is 1. The van der Waals surface area contributed by atoms with Gasteiger partial charge >= 0.3 is 0 Å². The lowest BCUT2D eigenvalue weighted by atomic mass is 10.1. The van der Waals surface area contributed by atoms with Crippen LogP contribution in [0.2, 0.25) is 0 Å². The number of ether oxygens (including phenoxy) is 2. The fourth-order valence-electron chi connectivity index (χ4n) is 2.78. The summed E-state index contributed by atoms with van der Waals surface area (Å²) in [5.41, 5.74) is 1.13. The van der Waals surface area contributed by atoms with E-state index in [4.69, 9.17) is 9.47 Å². The number of aromatic nitrogens is 2. The van der Waals surface area contributed by atoms with E-state index in [1.54, 1.807) is 17.6 Å². The van der Waals surface area contributed by atoms with E-state index in [0.717, 1.165) is 30.4 Å². The van der Waals surface area contributed by atoms with Crippen molar-refractivity contribution in [2.45, 2.75) is 6.42 Å². The number of nitrogens with zero attached hydrogens (tertiary/aromatic N) is 2. The SMILES string of the molecule is O=C(Nc1ccc2c(OCC3CCOC3)nccc2c1)c1ccsn1. The van der Waals surface area contributed by atoms with Gasteiger partial charge in [0.15, 0.2) is 0 Å². The Hall–Kier alpha value is -2.51. The van der Waals surface area contributed by atoms with Gasteiger partial charge in [-0.05, 0) is 53.7 Å². The van der Waals surface area contributed by atoms with Crippen molar-refractivity contribution in [3.05, 3.63) is 47.6 Å². The molecule has 0 aliphatic carbocycles. The smallest absolute Gasteiger partial charge is 0.275 e. The molecule has 6 nitrogen and oxygen atoms in total. The van der Waals surface area contributed by atoms with E-state index < -0.39 is 0 Å². The second kappa shape index (κ2) is 7.16. The molecule has 0 bridgehead atoms. The van der Waals surface area contributed by atoms with Crippen LogP contribution in [0, 0.1) is 5.92 Å². The van der Waals surface area contributed by atoms with Crippen LogP contribution in [0.25, 0.3) is 10.8 Å². The van der Waals surface area contributed by atoms with Gasteiger partial charge in [0.25, 0.3) is 5.91 Å². The molecule has 0 radical (unpaired) electrons. The zero-order valence-electron chi connectivity index (χ0n) is 13.5. The zero-order valence-corrected chi connectivity index (χ0v) is 14.3. The van der Waals surface area contributed by atoms with Crippen LogP contribution in [0.3, 0.4) is 0 Å². The minimum atomic E-state index is -0.215. The summed E-state index contributed by atoms with van der Waals surface area (Å²) in [6.07, 6.45) is 2.74. The number of hydrogen-bond donors (Lipinski definition) is 1. The monoisotopic (exact) mass is 355 g/mol. The number of rotatable bonds is 5. The Balaban J connectivity index is 1.51. The predicted octanol–water partition coefficient (Wildman–Crippen LogP) is 3.36. The number of carbonyl (C=O) groups is 1. The lowest BCUT2D eigenvalue weighted by molar-refractivity contribution is 0.102. The van der Waals surface area contributed by atoms with Crippen molar-refractivity contribution >= 4 is 33.9 Å². The molecule has 0 saturated carbocycles. The zero-order chi connectivity index (χ0) is 17.1. The number of amides is 1. The number of anilines is 1. The van der Waals surface area contributed by atoms with Crippen molar-refractivity contribution in [3.63, 3.8) is 0 Å². The highest BCUT2D eigenvalue weighted by Crippen LogP contribution is 2.27. The fourth-order valence-corrected chi connectivity index (χ4v) is 3.29. The average Bonchev–Trinajstić information content (AvgIpc) is 3.33. The van der Waals surface area contributed by atoms with Crippen molar-refractivity contribution in [2.24, 2.45) is 5.92 Å². The Morgan fingerprint density at radius 1 is 1.36 bits per heavy atom. The lowest BCUT2D eigenvalue weighted by Gasteiger charge is -2.12. The first-order valence-corrected chi connectivity index (χ1v) is 8.94. The summed E-state index contributed by atoms with van der Waals surface area (Å²) in [5.74, 6) is 0.822. The van der Waals surface area contributed by atoms with Crippen molar-refractivity contribution < 1.29 is 14.3 Å². The molecule has 2 aromatic heterocycles. The van der Waals surface area contributed by atoms with Crippen LogP contribution in [0.5, 0.6) is 5.88 Å². The minimum absolute atomic E-state index is 0.215. The Bertz CT molecular complexity index is 876. The van der Waals surface area contributed by atoms with E-state index in [0.29, 0.717) is 29.8 Å². The van der Waals surface area contributed by atoms with Gasteiger partial charge in [0.05, 0.1) is 13.2 Å². The molecule has 1 atom stereocenters. The summed E-state index contributed by atoms with van der Waals surface area (Å²) in [6.45, 7) is 2.16. The van der Waals surface area contributed by atoms with Crippen molar-refractivity contribution in [1.29, 1.82) is 0 Å². The molecule has 1 aliphatic rings. The summed E-state index contributed by atoms with van der Waals surface area (Å²) in [6, 6.07) is 9.27. The number of fused-ring (bicyclic) bond motifs is 1. The van der Waals surface area contributed by atoms with Gasteiger partial charge in [-0.15, -0.1) is 0 Å². The third kappa shape index (κ3) is 3.62. The van der Waals surface area contributed by atoms with Gasteiger partial charge in [0, 0.05) is 35.2 Å². The molecule has 1 amide bonds. The van der Waals surface area contributed by atoms with Gasteiger partial charge in [-0.25, -0.2) is 4.98 Å². The first kappa shape index (κ1) is 16.0. The van der Waals surface area contributed by atoms with Crippen LogP contribution < -0.4 is 10.1 Å². The third-order valence-corrected chi connectivity index (χ3v) is 4.70. The molecule has 1 aromatic carbocycles. The maximum atomic E-state index is 12.1. The van der Waals surface area contributed by atoms with E-state index in [-0.39, 0.29) is 5.91 Å². The fraction of sp³-hybridized carbons (Fsp3) is 0.278. The van der Waals surface area contributed by atoms with Crippen molar-refractivity contribution in [2.75, 3.05) is 25.1 Å². The minimum Gasteiger partial charge on any atom is -0.477 e. The second-order valence-electron chi connectivity index (χ2n) is 5.93. The third-order valence-electron chi connectivity index (χ3n) is 4.14. The van der Waals surface area contributed by atoms with Gasteiger partial charge in [0.1, 0.15) is 5.69 Å². The van der Waals surface area contributed by atoms with Crippen LogP contribution in [-0.2, 0) is 4.74 Å². The number of hydrogen-bond acceptors (Lipinski definition) is 6. The molecule has 0 spiro atoms. The summed E-state index contributed by atoms with van der Waals surface area (Å²) in [4.78, 5) is 16.5. The Labute approximate surface area is 149 Å². The van der Waals surface area contributed by atoms with Crippen molar-refractivity contribution in [1.82, 2.24) is 9.36 Å². The quantitative estimate of drug-likeness (QED) is 0.760. The van der Waals surface area contributed by atoms with Gasteiger partial charge < -0.3 is 14.8 Å². The molecule has 1 fully saturated rings. The van der Waals surface area contributed by atoms with Crippen molar-refractivity contribution in [3.8, 4) is 5.88 Å². The molecule has 1 unspecified atom stereocenters. The summed E-state index contributed by atoms with van der Waals surface area (Å²) in [5, 5.41) is 6.52. The van der Waals surface area contributed by atoms with Gasteiger partial charge in [-0.3, -0.25) is 4.79 Å². The maximum Gasteiger partial charge on any atom is 0.275 e. The topological polar surface area (TPSA) is 73.3 Å². The summed E-state index contributed by atoms with van der Waals surface area (Å²) in [7, 11) is 0. The van der Waals surface area contributed by atoms with Crippen LogP contribution >= 0.6 is 11.5 Å². The highest BCUT2D eigenvalue weighted by Gasteiger charge is 2.17. The molecule has 25 heavy (non-hydrogen) atoms. The van der Waals surface area contributed by atoms with Gasteiger partial charge in [-0.2, -0.15) is 4.37 Å². The molecule has 1 N–H and O–H groups in total. The largest absolute Gasteiger partial charge is 0.477 e. The molecule has 7 heteroatoms. The van der Waals surface area contributed by atoms with Gasteiger partial charge in [0.2, 0.25) is 5.88 Å². The number of benzene rings is 1. The number of pyridine rings is 1. The Morgan fingerprint density at radius 3 is 3.12 bits per heavy atom. The van der Waals surface area contributed by atoms with E-state index >= 15 is 0 Å². The maximum absolute atomic E-state index is 12.1. The molecule has 1 aliphatic heterocycles. The predicted molar refractivity (Wildman–Crippen MR) is 96.2 cm³/mol. The first-order valence-electron chi connectivity index (χ1n) is 8.10. The molecule has 3 heterocycles. The summed E-state index contributed by atoms with van der Waals surface area (Å²) < 4.78 is 15.3. The van der Waals surface area contributed by atoms with E-state index in [2.05, 4.69) is 14.7 Å². The molecule has 128 valence electrons. The first-order chi connectivity index (χ1) is 12.3. The normalized spacial score (nSPS) is 16.9. The second-order valence-corrected chi connectivity index (χ2v) is 6.60. The highest BCUT2D eigenvalue weighted by atomic mass is 32.1. The molecule has 4 rings (SSSR count). The average molecular weight is 355 g/mol. The Kier molecular flexibility index (Phi) is 4.58. The highest BCUT2D eigenvalue weighted by molar-refractivity contribution is 7.03.